The smallest absolute Gasteiger partial charge is 0.308 e. The first-order chi connectivity index (χ1) is 12.5. The number of likely N-dealkylation sites (tertiary alicyclic amines) is 1. The third-order valence-corrected chi connectivity index (χ3v) is 4.56. The highest BCUT2D eigenvalue weighted by molar-refractivity contribution is 5.98. The van der Waals surface area contributed by atoms with Gasteiger partial charge >= 0.3 is 5.97 Å². The molecule has 2 heterocycles. The summed E-state index contributed by atoms with van der Waals surface area (Å²) >= 11 is 0. The number of rotatable bonds is 4. The Morgan fingerprint density at radius 1 is 1.23 bits per heavy atom. The third kappa shape index (κ3) is 3.79. The minimum absolute atomic E-state index is 0.0936. The highest BCUT2D eigenvalue weighted by Crippen LogP contribution is 2.17. The van der Waals surface area contributed by atoms with Crippen LogP contribution in [0.15, 0.2) is 30.6 Å². The predicted octanol–water partition coefficient (Wildman–Crippen LogP) is 1.02. The molecule has 136 valence electrons. The zero-order valence-corrected chi connectivity index (χ0v) is 14.5. The SMILES string of the molecule is CN(CC(=O)N1CCCC(C(=O)O)C1)C(=O)c1ccc2nccnc2c1. The van der Waals surface area contributed by atoms with Gasteiger partial charge in [-0.2, -0.15) is 0 Å². The molecule has 1 aliphatic rings. The fraction of sp³-hybridized carbons (Fsp3) is 0.389. The summed E-state index contributed by atoms with van der Waals surface area (Å²) in [5.41, 5.74) is 1.73. The van der Waals surface area contributed by atoms with Crippen LogP contribution in [-0.4, -0.2) is 69.3 Å². The normalized spacial score (nSPS) is 17.1. The molecule has 26 heavy (non-hydrogen) atoms. The molecule has 0 aliphatic carbocycles. The van der Waals surface area contributed by atoms with E-state index in [-0.39, 0.29) is 24.9 Å². The number of fused-ring (bicyclic) bond motifs is 1. The number of aliphatic carboxylic acids is 1. The maximum absolute atomic E-state index is 12.6. The van der Waals surface area contributed by atoms with Gasteiger partial charge in [0.25, 0.3) is 5.91 Å². The fourth-order valence-corrected chi connectivity index (χ4v) is 3.10. The van der Waals surface area contributed by atoms with E-state index in [1.165, 1.54) is 9.80 Å². The molecule has 1 fully saturated rings. The first-order valence-electron chi connectivity index (χ1n) is 8.42. The molecule has 1 aromatic carbocycles. The summed E-state index contributed by atoms with van der Waals surface area (Å²) < 4.78 is 0. The van der Waals surface area contributed by atoms with Gasteiger partial charge in [-0.3, -0.25) is 24.4 Å². The first kappa shape index (κ1) is 17.8. The van der Waals surface area contributed by atoms with Crippen molar-refractivity contribution in [3.63, 3.8) is 0 Å². The second-order valence-electron chi connectivity index (χ2n) is 6.44. The molecule has 0 bridgehead atoms. The Kier molecular flexibility index (Phi) is 5.11. The molecule has 1 N–H and O–H groups in total. The number of likely N-dealkylation sites (N-methyl/N-ethyl adjacent to an activating group) is 1. The number of hydrogen-bond donors (Lipinski definition) is 1. The molecule has 3 rings (SSSR count). The summed E-state index contributed by atoms with van der Waals surface area (Å²) in [6.07, 6.45) is 4.37. The van der Waals surface area contributed by atoms with Crippen LogP contribution >= 0.6 is 0 Å². The Hall–Kier alpha value is -3.03. The molecule has 1 aromatic heterocycles. The lowest BCUT2D eigenvalue weighted by molar-refractivity contribution is -0.145. The molecule has 1 atom stereocenters. The second-order valence-corrected chi connectivity index (χ2v) is 6.44. The molecular formula is C18H20N4O4. The summed E-state index contributed by atoms with van der Waals surface area (Å²) in [7, 11) is 1.56. The summed E-state index contributed by atoms with van der Waals surface area (Å²) in [6, 6.07) is 5.02. The van der Waals surface area contributed by atoms with Crippen LogP contribution in [0.4, 0.5) is 0 Å². The highest BCUT2D eigenvalue weighted by Gasteiger charge is 2.29. The van der Waals surface area contributed by atoms with Gasteiger partial charge in [-0.05, 0) is 31.0 Å². The minimum atomic E-state index is -0.885. The maximum atomic E-state index is 12.6. The summed E-state index contributed by atoms with van der Waals surface area (Å²) in [6.45, 7) is 0.627. The second kappa shape index (κ2) is 7.47. The van der Waals surface area contributed by atoms with Gasteiger partial charge in [0.15, 0.2) is 0 Å². The molecule has 8 heteroatoms. The molecule has 8 nitrogen and oxygen atoms in total. The lowest BCUT2D eigenvalue weighted by Crippen LogP contribution is -2.46. The van der Waals surface area contributed by atoms with Crippen molar-refractivity contribution >= 4 is 28.8 Å². The van der Waals surface area contributed by atoms with Gasteiger partial charge in [0.05, 0.1) is 23.5 Å². The zero-order chi connectivity index (χ0) is 18.7. The standard InChI is InChI=1S/C18H20N4O4/c1-21(11-16(23)22-8-2-3-13(10-22)18(25)26)17(24)12-4-5-14-15(9-12)20-7-6-19-14/h4-7,9,13H,2-3,8,10-11H2,1H3,(H,25,26). The average molecular weight is 356 g/mol. The van der Waals surface area contributed by atoms with Crippen molar-refractivity contribution < 1.29 is 19.5 Å². The van der Waals surface area contributed by atoms with Gasteiger partial charge in [0.2, 0.25) is 5.91 Å². The van der Waals surface area contributed by atoms with Crippen molar-refractivity contribution in [2.24, 2.45) is 5.92 Å². The monoisotopic (exact) mass is 356 g/mol. The molecule has 2 aromatic rings. The van der Waals surface area contributed by atoms with Crippen molar-refractivity contribution in [1.29, 1.82) is 0 Å². The van der Waals surface area contributed by atoms with Crippen LogP contribution < -0.4 is 0 Å². The molecule has 0 saturated carbocycles. The number of benzene rings is 1. The average Bonchev–Trinajstić information content (AvgIpc) is 2.67. The van der Waals surface area contributed by atoms with Crippen molar-refractivity contribution in [3.05, 3.63) is 36.2 Å². The van der Waals surface area contributed by atoms with Gasteiger partial charge in [0.1, 0.15) is 0 Å². The number of aromatic nitrogens is 2. The fourth-order valence-electron chi connectivity index (χ4n) is 3.10. The maximum Gasteiger partial charge on any atom is 0.308 e. The number of carbonyl (C=O) groups excluding carboxylic acids is 2. The third-order valence-electron chi connectivity index (χ3n) is 4.56. The van der Waals surface area contributed by atoms with E-state index in [9.17, 15) is 14.4 Å². The Balaban J connectivity index is 1.66. The van der Waals surface area contributed by atoms with E-state index < -0.39 is 11.9 Å². The van der Waals surface area contributed by atoms with Gasteiger partial charge in [0, 0.05) is 38.1 Å². The number of amides is 2. The topological polar surface area (TPSA) is 104 Å². The van der Waals surface area contributed by atoms with Crippen molar-refractivity contribution in [1.82, 2.24) is 19.8 Å². The van der Waals surface area contributed by atoms with E-state index in [1.54, 1.807) is 37.6 Å². The van der Waals surface area contributed by atoms with E-state index in [1.807, 2.05) is 0 Å². The van der Waals surface area contributed by atoms with E-state index in [0.29, 0.717) is 36.0 Å². The quantitative estimate of drug-likeness (QED) is 0.877. The molecule has 0 radical (unpaired) electrons. The minimum Gasteiger partial charge on any atom is -0.481 e. The number of carboxylic acid groups (broad SMARTS) is 1. The molecule has 1 unspecified atom stereocenters. The zero-order valence-electron chi connectivity index (χ0n) is 14.5. The highest BCUT2D eigenvalue weighted by atomic mass is 16.4. The first-order valence-corrected chi connectivity index (χ1v) is 8.42. The molecule has 1 saturated heterocycles. The van der Waals surface area contributed by atoms with Crippen LogP contribution in [0.3, 0.4) is 0 Å². The van der Waals surface area contributed by atoms with Crippen molar-refractivity contribution in [2.75, 3.05) is 26.7 Å². The number of nitrogens with zero attached hydrogens (tertiary/aromatic N) is 4. The Morgan fingerprint density at radius 3 is 2.69 bits per heavy atom. The largest absolute Gasteiger partial charge is 0.481 e. The van der Waals surface area contributed by atoms with Crippen LogP contribution in [-0.2, 0) is 9.59 Å². The summed E-state index contributed by atoms with van der Waals surface area (Å²) in [5.74, 6) is -1.96. The number of carbonyl (C=O) groups is 3. The van der Waals surface area contributed by atoms with Crippen LogP contribution in [0.25, 0.3) is 11.0 Å². The molecular weight excluding hydrogens is 336 g/mol. The van der Waals surface area contributed by atoms with Gasteiger partial charge in [-0.1, -0.05) is 0 Å². The Morgan fingerprint density at radius 2 is 1.96 bits per heavy atom. The molecule has 2 amide bonds. The van der Waals surface area contributed by atoms with Crippen molar-refractivity contribution in [2.45, 2.75) is 12.8 Å². The lowest BCUT2D eigenvalue weighted by atomic mass is 9.98. The number of hydrogen-bond acceptors (Lipinski definition) is 5. The van der Waals surface area contributed by atoms with Crippen LogP contribution in [0.1, 0.15) is 23.2 Å². The van der Waals surface area contributed by atoms with Crippen LogP contribution in [0, 0.1) is 5.92 Å². The number of piperidine rings is 1. The Bertz CT molecular complexity index is 854. The van der Waals surface area contributed by atoms with E-state index in [0.717, 1.165) is 0 Å². The summed E-state index contributed by atoms with van der Waals surface area (Å²) in [5, 5.41) is 9.13. The number of carboxylic acids is 1. The van der Waals surface area contributed by atoms with E-state index in [2.05, 4.69) is 9.97 Å². The van der Waals surface area contributed by atoms with Gasteiger partial charge in [-0.15, -0.1) is 0 Å². The van der Waals surface area contributed by atoms with Crippen LogP contribution in [0.5, 0.6) is 0 Å². The van der Waals surface area contributed by atoms with E-state index in [4.69, 9.17) is 5.11 Å². The predicted molar refractivity (Wildman–Crippen MR) is 93.4 cm³/mol. The van der Waals surface area contributed by atoms with Crippen molar-refractivity contribution in [3.8, 4) is 0 Å². The van der Waals surface area contributed by atoms with Gasteiger partial charge < -0.3 is 14.9 Å². The van der Waals surface area contributed by atoms with E-state index >= 15 is 0 Å². The van der Waals surface area contributed by atoms with Crippen LogP contribution in [0.2, 0.25) is 0 Å². The van der Waals surface area contributed by atoms with Gasteiger partial charge in [-0.25, -0.2) is 0 Å². The lowest BCUT2D eigenvalue weighted by Gasteiger charge is -2.32. The molecule has 1 aliphatic heterocycles. The summed E-state index contributed by atoms with van der Waals surface area (Å²) in [4.78, 5) is 47.4. The Labute approximate surface area is 150 Å². The molecule has 0 spiro atoms.